The maximum atomic E-state index is 12.4. The number of aliphatic hydroxyl groups is 2. The summed E-state index contributed by atoms with van der Waals surface area (Å²) in [4.78, 5) is 24.5. The van der Waals surface area contributed by atoms with Crippen LogP contribution in [-0.4, -0.2) is 63.7 Å². The van der Waals surface area contributed by atoms with Gasteiger partial charge in [0, 0.05) is 31.8 Å². The van der Waals surface area contributed by atoms with Crippen molar-refractivity contribution in [3.05, 3.63) is 23.8 Å². The molecular weight excluding hydrogens is 520 g/mol. The van der Waals surface area contributed by atoms with Crippen molar-refractivity contribution in [1.82, 2.24) is 0 Å². The van der Waals surface area contributed by atoms with E-state index in [1.807, 2.05) is 23.5 Å². The second-order valence-corrected chi connectivity index (χ2v) is 14.1. The monoisotopic (exact) mass is 568 g/mol. The molecule has 2 N–H and O–H groups in total. The maximum Gasteiger partial charge on any atom is 0.303 e. The average Bonchev–Trinajstić information content (AvgIpc) is 2.95. The summed E-state index contributed by atoms with van der Waals surface area (Å²) in [7, 11) is 0. The Morgan fingerprint density at radius 2 is 1.82 bits per heavy atom. The molecular formula is C30H48O6S2. The van der Waals surface area contributed by atoms with Crippen LogP contribution < -0.4 is 0 Å². The third-order valence-corrected chi connectivity index (χ3v) is 11.4. The van der Waals surface area contributed by atoms with Crippen molar-refractivity contribution in [2.45, 2.75) is 102 Å². The number of ether oxygens (including phenoxy) is 2. The molecule has 0 amide bonds. The van der Waals surface area contributed by atoms with E-state index in [1.165, 1.54) is 20.3 Å². The number of carbonyl (C=O) groups excluding carboxylic acids is 2. The van der Waals surface area contributed by atoms with Gasteiger partial charge >= 0.3 is 11.9 Å². The lowest BCUT2D eigenvalue weighted by Crippen LogP contribution is -2.45. The molecule has 6 atom stereocenters. The van der Waals surface area contributed by atoms with Gasteiger partial charge in [-0.15, -0.1) is 23.5 Å². The fourth-order valence-corrected chi connectivity index (χ4v) is 10.0. The van der Waals surface area contributed by atoms with Crippen LogP contribution in [0.3, 0.4) is 0 Å². The van der Waals surface area contributed by atoms with Crippen LogP contribution >= 0.6 is 23.5 Å². The van der Waals surface area contributed by atoms with Gasteiger partial charge in [0.05, 0.1) is 11.2 Å². The molecule has 0 unspecified atom stereocenters. The standard InChI is InChI=1S/C30H48O6S2/c1-4-5-6-7-8-9-11-23-16-27-29(36-22(3)34)26(25(23)12-13-31)17-24(35-21(2)33)18-30(27,20-32)19-28-37-14-10-15-38-28/h4-5,16,23-26,28-29,31-32H,6-15,17-20H2,1-3H3/b5-4+/t23-,24+,25+,26-,29+,30+/m0/s1. The number of hydrogen-bond acceptors (Lipinski definition) is 8. The highest BCUT2D eigenvalue weighted by molar-refractivity contribution is 8.17. The number of allylic oxidation sites excluding steroid dienone is 3. The van der Waals surface area contributed by atoms with Gasteiger partial charge < -0.3 is 19.7 Å². The van der Waals surface area contributed by atoms with Gasteiger partial charge in [0.1, 0.15) is 12.2 Å². The minimum Gasteiger partial charge on any atom is -0.463 e. The number of carbonyl (C=O) groups is 2. The quantitative estimate of drug-likeness (QED) is 0.161. The van der Waals surface area contributed by atoms with Crippen LogP contribution in [0.2, 0.25) is 0 Å². The summed E-state index contributed by atoms with van der Waals surface area (Å²) in [5, 5.41) is 21.1. The molecule has 1 saturated heterocycles. The third kappa shape index (κ3) is 8.52. The van der Waals surface area contributed by atoms with Crippen molar-refractivity contribution in [3.63, 3.8) is 0 Å². The summed E-state index contributed by atoms with van der Waals surface area (Å²) in [5.74, 6) is 1.83. The van der Waals surface area contributed by atoms with Gasteiger partial charge in [-0.3, -0.25) is 9.59 Å². The molecule has 6 nitrogen and oxygen atoms in total. The molecule has 216 valence electrons. The zero-order chi connectivity index (χ0) is 27.5. The molecule has 3 aliphatic rings. The van der Waals surface area contributed by atoms with Crippen molar-refractivity contribution in [3.8, 4) is 0 Å². The van der Waals surface area contributed by atoms with E-state index in [9.17, 15) is 19.8 Å². The Morgan fingerprint density at radius 3 is 2.45 bits per heavy atom. The summed E-state index contributed by atoms with van der Waals surface area (Å²) in [6.45, 7) is 4.93. The van der Waals surface area contributed by atoms with Crippen LogP contribution in [0.5, 0.6) is 0 Å². The lowest BCUT2D eigenvalue weighted by atomic mass is 9.63. The summed E-state index contributed by atoms with van der Waals surface area (Å²) in [6.07, 6.45) is 14.9. The molecule has 0 aromatic carbocycles. The van der Waals surface area contributed by atoms with Crippen molar-refractivity contribution in [2.75, 3.05) is 24.7 Å². The fraction of sp³-hybridized carbons (Fsp3) is 0.800. The molecule has 1 aliphatic heterocycles. The fourth-order valence-electron chi connectivity index (χ4n) is 6.85. The SMILES string of the molecule is C/C=C/CCCCC[C@H]1C=C2[C@H](OC(C)=O)[C@@H](C[C@@H](OC(C)=O)C[C@]2(CO)CC2SCCCS2)[C@@H]1CCO. The molecule has 8 heteroatoms. The number of rotatable bonds is 13. The zero-order valence-electron chi connectivity index (χ0n) is 23.4. The minimum absolute atomic E-state index is 0.0632. The summed E-state index contributed by atoms with van der Waals surface area (Å²) < 4.78 is 12.3. The van der Waals surface area contributed by atoms with E-state index >= 15 is 0 Å². The third-order valence-electron chi connectivity index (χ3n) is 8.44. The van der Waals surface area contributed by atoms with E-state index in [1.54, 1.807) is 0 Å². The highest BCUT2D eigenvalue weighted by Gasteiger charge is 2.53. The number of thioether (sulfide) groups is 2. The lowest BCUT2D eigenvalue weighted by molar-refractivity contribution is -0.153. The van der Waals surface area contributed by atoms with Crippen LogP contribution in [0.15, 0.2) is 23.8 Å². The Labute approximate surface area is 237 Å². The number of esters is 2. The molecule has 0 aromatic rings. The molecule has 1 saturated carbocycles. The highest BCUT2D eigenvalue weighted by Crippen LogP contribution is 2.55. The molecule has 0 radical (unpaired) electrons. The molecule has 2 aliphatic carbocycles. The summed E-state index contributed by atoms with van der Waals surface area (Å²) in [5.41, 5.74) is 0.403. The van der Waals surface area contributed by atoms with Crippen LogP contribution in [0, 0.1) is 23.2 Å². The summed E-state index contributed by atoms with van der Waals surface area (Å²) in [6, 6.07) is 0. The van der Waals surface area contributed by atoms with Crippen molar-refractivity contribution in [1.29, 1.82) is 0 Å². The van der Waals surface area contributed by atoms with E-state index < -0.39 is 11.5 Å². The summed E-state index contributed by atoms with van der Waals surface area (Å²) >= 11 is 3.88. The predicted molar refractivity (Wildman–Crippen MR) is 156 cm³/mol. The van der Waals surface area contributed by atoms with Crippen molar-refractivity contribution in [2.24, 2.45) is 23.2 Å². The first-order chi connectivity index (χ1) is 18.3. The van der Waals surface area contributed by atoms with E-state index in [4.69, 9.17) is 9.47 Å². The topological polar surface area (TPSA) is 93.1 Å². The van der Waals surface area contributed by atoms with Crippen molar-refractivity contribution < 1.29 is 29.3 Å². The molecule has 2 fully saturated rings. The molecule has 0 spiro atoms. The molecule has 0 aromatic heterocycles. The second-order valence-electron chi connectivity index (χ2n) is 11.2. The number of fused-ring (bicyclic) bond motifs is 2. The predicted octanol–water partition coefficient (Wildman–Crippen LogP) is 5.91. The first kappa shape index (κ1) is 31.6. The van der Waals surface area contributed by atoms with Gasteiger partial charge in [0.15, 0.2) is 0 Å². The van der Waals surface area contributed by atoms with Gasteiger partial charge in [-0.05, 0) is 87.2 Å². The van der Waals surface area contributed by atoms with Gasteiger partial charge in [0.2, 0.25) is 0 Å². The first-order valence-corrected chi connectivity index (χ1v) is 16.6. The Bertz CT molecular complexity index is 824. The van der Waals surface area contributed by atoms with E-state index in [2.05, 4.69) is 25.2 Å². The second kappa shape index (κ2) is 15.7. The minimum atomic E-state index is -0.620. The zero-order valence-corrected chi connectivity index (χ0v) is 25.1. The largest absolute Gasteiger partial charge is 0.463 e. The Balaban J connectivity index is 2.01. The number of aliphatic hydroxyl groups excluding tert-OH is 2. The van der Waals surface area contributed by atoms with E-state index in [0.717, 1.165) is 55.6 Å². The van der Waals surface area contributed by atoms with Crippen molar-refractivity contribution >= 4 is 35.5 Å². The highest BCUT2D eigenvalue weighted by atomic mass is 32.2. The molecule has 3 rings (SSSR count). The smallest absolute Gasteiger partial charge is 0.303 e. The van der Waals surface area contributed by atoms with Crippen LogP contribution in [-0.2, 0) is 19.1 Å². The van der Waals surface area contributed by atoms with Gasteiger partial charge in [-0.25, -0.2) is 0 Å². The van der Waals surface area contributed by atoms with E-state index in [0.29, 0.717) is 23.8 Å². The maximum absolute atomic E-state index is 12.4. The Kier molecular flexibility index (Phi) is 13.1. The molecule has 1 heterocycles. The molecule has 38 heavy (non-hydrogen) atoms. The van der Waals surface area contributed by atoms with Crippen LogP contribution in [0.25, 0.3) is 0 Å². The molecule has 2 bridgehead atoms. The van der Waals surface area contributed by atoms with Crippen LogP contribution in [0.4, 0.5) is 0 Å². The number of unbranched alkanes of at least 4 members (excludes halogenated alkanes) is 3. The Hall–Kier alpha value is -0.960. The Morgan fingerprint density at radius 1 is 1.08 bits per heavy atom. The van der Waals surface area contributed by atoms with Gasteiger partial charge in [-0.1, -0.05) is 31.1 Å². The van der Waals surface area contributed by atoms with E-state index in [-0.39, 0.29) is 49.0 Å². The van der Waals surface area contributed by atoms with Crippen LogP contribution in [0.1, 0.15) is 85.0 Å². The lowest BCUT2D eigenvalue weighted by Gasteiger charge is -2.46. The van der Waals surface area contributed by atoms with Gasteiger partial charge in [0.25, 0.3) is 0 Å². The normalized spacial score (nSPS) is 32.0. The number of hydrogen-bond donors (Lipinski definition) is 2. The van der Waals surface area contributed by atoms with Gasteiger partial charge in [-0.2, -0.15) is 0 Å². The average molecular weight is 569 g/mol. The first-order valence-electron chi connectivity index (χ1n) is 14.5.